The molecule has 1 amide bonds. The van der Waals surface area contributed by atoms with Crippen LogP contribution in [0, 0.1) is 11.6 Å². The summed E-state index contributed by atoms with van der Waals surface area (Å²) in [5, 5.41) is 7.04. The van der Waals surface area contributed by atoms with E-state index in [0.717, 1.165) is 56.6 Å². The number of piperidine rings is 1. The molecule has 2 aliphatic rings. The molecule has 8 heteroatoms. The summed E-state index contributed by atoms with van der Waals surface area (Å²) in [5.41, 5.74) is 1.55. The van der Waals surface area contributed by atoms with Gasteiger partial charge in [0.25, 0.3) is 5.91 Å². The molecule has 1 atom stereocenters. The lowest BCUT2D eigenvalue weighted by molar-refractivity contribution is 0.0608. The molecule has 2 aliphatic heterocycles. The van der Waals surface area contributed by atoms with Gasteiger partial charge in [-0.15, -0.1) is 0 Å². The molecule has 1 N–H and O–H groups in total. The van der Waals surface area contributed by atoms with Gasteiger partial charge in [0.15, 0.2) is 11.6 Å². The number of rotatable bonds is 5. The predicted octanol–water partition coefficient (Wildman–Crippen LogP) is 3.24. The van der Waals surface area contributed by atoms with Crippen molar-refractivity contribution in [2.24, 2.45) is 0 Å². The van der Waals surface area contributed by atoms with Gasteiger partial charge in [-0.1, -0.05) is 11.2 Å². The number of nitrogens with one attached hydrogen (secondary N) is 1. The summed E-state index contributed by atoms with van der Waals surface area (Å²) in [6.07, 6.45) is 3.58. The van der Waals surface area contributed by atoms with Crippen LogP contribution >= 0.6 is 0 Å². The smallest absolute Gasteiger partial charge is 0.290 e. The average molecular weight is 405 g/mol. The third kappa shape index (κ3) is 5.00. The highest BCUT2D eigenvalue weighted by Crippen LogP contribution is 2.28. The fourth-order valence-corrected chi connectivity index (χ4v) is 3.98. The monoisotopic (exact) mass is 405 g/mol. The van der Waals surface area contributed by atoms with Gasteiger partial charge in [-0.05, 0) is 56.5 Å². The molecule has 2 saturated heterocycles. The number of amides is 1. The zero-order chi connectivity index (χ0) is 20.2. The molecule has 156 valence electrons. The minimum Gasteiger partial charge on any atom is -0.379 e. The fraction of sp³-hybridized carbons (Fsp3) is 0.524. The molecule has 29 heavy (non-hydrogen) atoms. The van der Waals surface area contributed by atoms with Crippen LogP contribution in [0.25, 0.3) is 0 Å². The van der Waals surface area contributed by atoms with Crippen LogP contribution in [0.15, 0.2) is 28.8 Å². The van der Waals surface area contributed by atoms with E-state index in [9.17, 15) is 13.6 Å². The Labute approximate surface area is 168 Å². The van der Waals surface area contributed by atoms with E-state index in [2.05, 4.69) is 15.4 Å². The Hall–Kier alpha value is -2.32. The topological polar surface area (TPSA) is 67.6 Å². The highest BCUT2D eigenvalue weighted by atomic mass is 19.2. The largest absolute Gasteiger partial charge is 0.379 e. The Bertz CT molecular complexity index is 843. The van der Waals surface area contributed by atoms with Gasteiger partial charge in [-0.2, -0.15) is 0 Å². The standard InChI is InChI=1S/C21H25F2N3O3/c22-17-4-3-14(10-18(17)23)12-26-7-5-15(6-8-26)19-11-20(29-25-19)21(27)24-16-2-1-9-28-13-16/h3-4,10-11,15-16H,1-2,5-9,12-13H2,(H,24,27)/t16-/m0/s1. The van der Waals surface area contributed by atoms with E-state index in [1.807, 2.05) is 0 Å². The predicted molar refractivity (Wildman–Crippen MR) is 101 cm³/mol. The second-order valence-corrected chi connectivity index (χ2v) is 7.80. The van der Waals surface area contributed by atoms with Gasteiger partial charge >= 0.3 is 0 Å². The Morgan fingerprint density at radius 1 is 1.17 bits per heavy atom. The van der Waals surface area contributed by atoms with E-state index < -0.39 is 11.6 Å². The van der Waals surface area contributed by atoms with Gasteiger partial charge in [0, 0.05) is 25.1 Å². The zero-order valence-electron chi connectivity index (χ0n) is 16.2. The molecule has 3 heterocycles. The summed E-state index contributed by atoms with van der Waals surface area (Å²) in [7, 11) is 0. The first-order valence-corrected chi connectivity index (χ1v) is 10.1. The molecule has 4 rings (SSSR count). The molecule has 1 aromatic heterocycles. The van der Waals surface area contributed by atoms with Crippen LogP contribution in [0.5, 0.6) is 0 Å². The maximum Gasteiger partial charge on any atom is 0.290 e. The third-order valence-electron chi connectivity index (χ3n) is 5.64. The maximum atomic E-state index is 13.4. The number of ether oxygens (including phenoxy) is 1. The lowest BCUT2D eigenvalue weighted by Gasteiger charge is -2.31. The molecule has 2 fully saturated rings. The number of likely N-dealkylation sites (tertiary alicyclic amines) is 1. The molecule has 0 spiro atoms. The minimum absolute atomic E-state index is 0.0179. The van der Waals surface area contributed by atoms with Crippen molar-refractivity contribution < 1.29 is 22.8 Å². The van der Waals surface area contributed by atoms with Crippen LogP contribution in [-0.2, 0) is 11.3 Å². The van der Waals surface area contributed by atoms with Gasteiger partial charge in [-0.25, -0.2) is 8.78 Å². The quantitative estimate of drug-likeness (QED) is 0.827. The number of benzene rings is 1. The molecular weight excluding hydrogens is 380 g/mol. The molecule has 6 nitrogen and oxygen atoms in total. The summed E-state index contributed by atoms with van der Waals surface area (Å²) in [4.78, 5) is 14.6. The number of halogens is 2. The van der Waals surface area contributed by atoms with E-state index in [1.165, 1.54) is 12.1 Å². The summed E-state index contributed by atoms with van der Waals surface area (Å²) in [6.45, 7) is 3.49. The first kappa shape index (κ1) is 20.0. The molecule has 0 unspecified atom stereocenters. The van der Waals surface area contributed by atoms with Crippen molar-refractivity contribution in [2.45, 2.75) is 44.2 Å². The molecule has 1 aromatic carbocycles. The average Bonchev–Trinajstić information content (AvgIpc) is 3.23. The molecule has 0 aliphatic carbocycles. The van der Waals surface area contributed by atoms with Crippen molar-refractivity contribution in [3.8, 4) is 0 Å². The Morgan fingerprint density at radius 2 is 2.00 bits per heavy atom. The summed E-state index contributed by atoms with van der Waals surface area (Å²) >= 11 is 0. The van der Waals surface area contributed by atoms with Gasteiger partial charge in [0.1, 0.15) is 0 Å². The number of hydrogen-bond acceptors (Lipinski definition) is 5. The second kappa shape index (κ2) is 9.00. The van der Waals surface area contributed by atoms with Gasteiger partial charge < -0.3 is 14.6 Å². The fourth-order valence-electron chi connectivity index (χ4n) is 3.98. The van der Waals surface area contributed by atoms with Crippen molar-refractivity contribution in [3.05, 3.63) is 52.9 Å². The third-order valence-corrected chi connectivity index (χ3v) is 5.64. The maximum absolute atomic E-state index is 13.4. The van der Waals surface area contributed by atoms with E-state index in [-0.39, 0.29) is 23.6 Å². The minimum atomic E-state index is -0.825. The van der Waals surface area contributed by atoms with E-state index in [0.29, 0.717) is 13.2 Å². The Morgan fingerprint density at radius 3 is 2.72 bits per heavy atom. The normalized spacial score (nSPS) is 21.2. The SMILES string of the molecule is O=C(N[C@H]1CCCOC1)c1cc(C2CCN(Cc3ccc(F)c(F)c3)CC2)no1. The first-order chi connectivity index (χ1) is 14.1. The van der Waals surface area contributed by atoms with Crippen molar-refractivity contribution in [2.75, 3.05) is 26.3 Å². The lowest BCUT2D eigenvalue weighted by Crippen LogP contribution is -2.40. The highest BCUT2D eigenvalue weighted by Gasteiger charge is 2.26. The van der Waals surface area contributed by atoms with Crippen LogP contribution in [0.2, 0.25) is 0 Å². The second-order valence-electron chi connectivity index (χ2n) is 7.80. The van der Waals surface area contributed by atoms with Crippen molar-refractivity contribution in [1.82, 2.24) is 15.4 Å². The van der Waals surface area contributed by atoms with E-state index >= 15 is 0 Å². The molecule has 0 saturated carbocycles. The van der Waals surface area contributed by atoms with Crippen LogP contribution in [0.3, 0.4) is 0 Å². The first-order valence-electron chi connectivity index (χ1n) is 10.1. The van der Waals surface area contributed by atoms with Gasteiger partial charge in [-0.3, -0.25) is 9.69 Å². The zero-order valence-corrected chi connectivity index (χ0v) is 16.2. The number of nitrogens with zero attached hydrogens (tertiary/aromatic N) is 2. The van der Waals surface area contributed by atoms with Crippen molar-refractivity contribution in [1.29, 1.82) is 0 Å². The Balaban J connectivity index is 1.28. The number of hydrogen-bond donors (Lipinski definition) is 1. The molecule has 0 bridgehead atoms. The van der Waals surface area contributed by atoms with Crippen LogP contribution in [0.4, 0.5) is 8.78 Å². The summed E-state index contributed by atoms with van der Waals surface area (Å²) < 4.78 is 37.1. The molecule has 0 radical (unpaired) electrons. The van der Waals surface area contributed by atoms with Crippen LogP contribution in [0.1, 0.15) is 53.4 Å². The van der Waals surface area contributed by atoms with E-state index in [1.54, 1.807) is 12.1 Å². The number of carbonyl (C=O) groups is 1. The highest BCUT2D eigenvalue weighted by molar-refractivity contribution is 5.91. The molecule has 2 aromatic rings. The van der Waals surface area contributed by atoms with Crippen LogP contribution in [-0.4, -0.2) is 48.3 Å². The van der Waals surface area contributed by atoms with E-state index in [4.69, 9.17) is 9.26 Å². The molecular formula is C21H25F2N3O3. The lowest BCUT2D eigenvalue weighted by atomic mass is 9.93. The summed E-state index contributed by atoms with van der Waals surface area (Å²) in [5.74, 6) is -1.44. The van der Waals surface area contributed by atoms with Gasteiger partial charge in [0.2, 0.25) is 5.76 Å². The van der Waals surface area contributed by atoms with Gasteiger partial charge in [0.05, 0.1) is 18.3 Å². The number of carbonyl (C=O) groups excluding carboxylic acids is 1. The van der Waals surface area contributed by atoms with Crippen molar-refractivity contribution in [3.63, 3.8) is 0 Å². The van der Waals surface area contributed by atoms with Crippen molar-refractivity contribution >= 4 is 5.91 Å². The summed E-state index contributed by atoms with van der Waals surface area (Å²) in [6, 6.07) is 5.78. The van der Waals surface area contributed by atoms with Crippen LogP contribution < -0.4 is 5.32 Å². The number of aromatic nitrogens is 1. The Kier molecular flexibility index (Phi) is 6.20.